The molecule has 0 radical (unpaired) electrons. The second-order valence-corrected chi connectivity index (χ2v) is 7.15. The van der Waals surface area contributed by atoms with Crippen LogP contribution in [0.25, 0.3) is 17.1 Å². The topological polar surface area (TPSA) is 92.3 Å². The second-order valence-electron chi connectivity index (χ2n) is 6.71. The zero-order chi connectivity index (χ0) is 22.0. The van der Waals surface area contributed by atoms with Gasteiger partial charge in [0.25, 0.3) is 0 Å². The molecule has 0 unspecified atom stereocenters. The molecule has 0 spiro atoms. The minimum absolute atomic E-state index is 0.0590. The predicted octanol–water partition coefficient (Wildman–Crippen LogP) is 4.56. The van der Waals surface area contributed by atoms with E-state index in [2.05, 4.69) is 15.3 Å². The van der Waals surface area contributed by atoms with Gasteiger partial charge in [-0.1, -0.05) is 28.9 Å². The van der Waals surface area contributed by atoms with Gasteiger partial charge in [-0.3, -0.25) is 0 Å². The number of halogens is 1. The molecule has 2 aromatic heterocycles. The molecule has 0 bridgehead atoms. The number of carbonyl (C=O) groups is 1. The van der Waals surface area contributed by atoms with Gasteiger partial charge in [-0.15, -0.1) is 5.10 Å². The van der Waals surface area contributed by atoms with Gasteiger partial charge in [0, 0.05) is 5.02 Å². The summed E-state index contributed by atoms with van der Waals surface area (Å²) < 4.78 is 18.1. The third kappa shape index (κ3) is 4.15. The van der Waals surface area contributed by atoms with Crippen molar-refractivity contribution < 1.29 is 18.7 Å². The van der Waals surface area contributed by atoms with Crippen LogP contribution in [-0.4, -0.2) is 33.1 Å². The van der Waals surface area contributed by atoms with Crippen molar-refractivity contribution in [3.8, 4) is 22.9 Å². The van der Waals surface area contributed by atoms with Gasteiger partial charge in [-0.2, -0.15) is 0 Å². The van der Waals surface area contributed by atoms with Gasteiger partial charge in [-0.25, -0.2) is 14.5 Å². The monoisotopic (exact) mass is 438 g/mol. The third-order valence-electron chi connectivity index (χ3n) is 4.73. The molecule has 0 saturated heterocycles. The van der Waals surface area contributed by atoms with Crippen LogP contribution in [0, 0.1) is 13.8 Å². The Morgan fingerprint density at radius 1 is 1.13 bits per heavy atom. The van der Waals surface area contributed by atoms with Crippen molar-refractivity contribution in [3.05, 3.63) is 76.4 Å². The van der Waals surface area contributed by atoms with Crippen molar-refractivity contribution in [2.45, 2.75) is 20.5 Å². The quantitative estimate of drug-likeness (QED) is 0.407. The molecule has 0 saturated carbocycles. The van der Waals surface area contributed by atoms with Crippen LogP contribution in [0.1, 0.15) is 27.6 Å². The Morgan fingerprint density at radius 3 is 2.61 bits per heavy atom. The molecule has 0 N–H and O–H groups in total. The Kier molecular flexibility index (Phi) is 5.73. The number of esters is 1. The Bertz CT molecular complexity index is 1230. The number of para-hydroxylation sites is 1. The van der Waals surface area contributed by atoms with Crippen LogP contribution in [0.4, 0.5) is 0 Å². The van der Waals surface area contributed by atoms with E-state index in [9.17, 15) is 4.79 Å². The Hall–Kier alpha value is -3.65. The smallest absolute Gasteiger partial charge is 0.361 e. The number of ether oxygens (including phenoxy) is 2. The van der Waals surface area contributed by atoms with Crippen molar-refractivity contribution in [1.29, 1.82) is 0 Å². The van der Waals surface area contributed by atoms with Crippen molar-refractivity contribution in [1.82, 2.24) is 20.0 Å². The highest BCUT2D eigenvalue weighted by molar-refractivity contribution is 6.30. The number of aromatic nitrogens is 4. The van der Waals surface area contributed by atoms with Crippen LogP contribution in [0.3, 0.4) is 0 Å². The summed E-state index contributed by atoms with van der Waals surface area (Å²) in [5.74, 6) is 0.988. The Balaban J connectivity index is 1.50. The molecule has 9 heteroatoms. The summed E-state index contributed by atoms with van der Waals surface area (Å²) in [7, 11) is 1.58. The minimum Gasteiger partial charge on any atom is -0.496 e. The fourth-order valence-electron chi connectivity index (χ4n) is 3.05. The van der Waals surface area contributed by atoms with Crippen LogP contribution < -0.4 is 4.74 Å². The molecule has 8 nitrogen and oxygen atoms in total. The number of benzene rings is 2. The van der Waals surface area contributed by atoms with E-state index in [0.717, 1.165) is 5.69 Å². The van der Waals surface area contributed by atoms with Crippen molar-refractivity contribution in [2.24, 2.45) is 0 Å². The number of nitrogens with zero attached hydrogens (tertiary/aromatic N) is 4. The maximum absolute atomic E-state index is 12.6. The number of hydrogen-bond acceptors (Lipinski definition) is 7. The van der Waals surface area contributed by atoms with E-state index in [-0.39, 0.29) is 12.3 Å². The van der Waals surface area contributed by atoms with Crippen LogP contribution in [0.5, 0.6) is 5.75 Å². The lowest BCUT2D eigenvalue weighted by atomic mass is 10.2. The van der Waals surface area contributed by atoms with E-state index in [1.165, 1.54) is 0 Å². The average Bonchev–Trinajstić information content (AvgIpc) is 3.35. The largest absolute Gasteiger partial charge is 0.496 e. The van der Waals surface area contributed by atoms with Gasteiger partial charge in [0.15, 0.2) is 5.69 Å². The number of methoxy groups -OCH3 is 1. The molecule has 2 heterocycles. The van der Waals surface area contributed by atoms with Gasteiger partial charge < -0.3 is 13.9 Å². The van der Waals surface area contributed by atoms with Crippen molar-refractivity contribution >= 4 is 17.6 Å². The third-order valence-corrected chi connectivity index (χ3v) is 4.98. The molecular formula is C22H19ClN4O4. The summed E-state index contributed by atoms with van der Waals surface area (Å²) in [4.78, 5) is 17.0. The fourth-order valence-corrected chi connectivity index (χ4v) is 3.17. The summed E-state index contributed by atoms with van der Waals surface area (Å²) in [6, 6.07) is 14.4. The first-order chi connectivity index (χ1) is 15.0. The first kappa shape index (κ1) is 20.6. The Labute approximate surface area is 183 Å². The first-order valence-corrected chi connectivity index (χ1v) is 9.80. The van der Waals surface area contributed by atoms with Crippen LogP contribution >= 0.6 is 11.6 Å². The maximum atomic E-state index is 12.6. The van der Waals surface area contributed by atoms with Gasteiger partial charge in [0.05, 0.1) is 24.1 Å². The van der Waals surface area contributed by atoms with E-state index in [1.54, 1.807) is 49.9 Å². The molecule has 0 aliphatic rings. The lowest BCUT2D eigenvalue weighted by molar-refractivity contribution is 0.0459. The molecule has 158 valence electrons. The van der Waals surface area contributed by atoms with Crippen LogP contribution in [0.15, 0.2) is 52.9 Å². The number of hydrogen-bond donors (Lipinski definition) is 0. The van der Waals surface area contributed by atoms with Crippen LogP contribution in [0.2, 0.25) is 5.02 Å². The highest BCUT2D eigenvalue weighted by Gasteiger charge is 2.21. The lowest BCUT2D eigenvalue weighted by Gasteiger charge is -2.04. The predicted molar refractivity (Wildman–Crippen MR) is 113 cm³/mol. The molecule has 0 amide bonds. The molecule has 0 atom stereocenters. The number of rotatable bonds is 6. The van der Waals surface area contributed by atoms with E-state index in [1.807, 2.05) is 24.3 Å². The Morgan fingerprint density at radius 2 is 1.87 bits per heavy atom. The summed E-state index contributed by atoms with van der Waals surface area (Å²) in [5, 5.41) is 8.62. The molecule has 31 heavy (non-hydrogen) atoms. The summed E-state index contributed by atoms with van der Waals surface area (Å²) in [5.41, 5.74) is 2.65. The summed E-state index contributed by atoms with van der Waals surface area (Å²) in [6.07, 6.45) is 0. The van der Waals surface area contributed by atoms with E-state index in [0.29, 0.717) is 39.4 Å². The van der Waals surface area contributed by atoms with E-state index in [4.69, 9.17) is 25.5 Å². The average molecular weight is 439 g/mol. The van der Waals surface area contributed by atoms with Gasteiger partial charge in [0.1, 0.15) is 23.8 Å². The van der Waals surface area contributed by atoms with Crippen LogP contribution in [-0.2, 0) is 11.3 Å². The van der Waals surface area contributed by atoms with Crippen molar-refractivity contribution in [3.63, 3.8) is 0 Å². The molecule has 0 aliphatic heterocycles. The standard InChI is InChI=1S/C22H19ClN4O4/c1-13-20(25-26-27(13)16-10-8-15(23)9-11-16)22(28)30-12-18-14(2)31-21(24-18)17-6-4-5-7-19(17)29-3/h4-11H,12H2,1-3H3. The number of aryl methyl sites for hydroxylation is 1. The fraction of sp³-hybridized carbons (Fsp3) is 0.182. The summed E-state index contributed by atoms with van der Waals surface area (Å²) >= 11 is 5.92. The van der Waals surface area contributed by atoms with Gasteiger partial charge >= 0.3 is 5.97 Å². The maximum Gasteiger partial charge on any atom is 0.361 e. The molecule has 2 aromatic carbocycles. The zero-order valence-corrected chi connectivity index (χ0v) is 17.9. The second kappa shape index (κ2) is 8.61. The highest BCUT2D eigenvalue weighted by Crippen LogP contribution is 2.30. The number of carbonyl (C=O) groups excluding carboxylic acids is 1. The van der Waals surface area contributed by atoms with Gasteiger partial charge in [0.2, 0.25) is 5.89 Å². The number of oxazole rings is 1. The van der Waals surface area contributed by atoms with Gasteiger partial charge in [-0.05, 0) is 50.2 Å². The van der Waals surface area contributed by atoms with Crippen molar-refractivity contribution in [2.75, 3.05) is 7.11 Å². The molecule has 0 fully saturated rings. The zero-order valence-electron chi connectivity index (χ0n) is 17.1. The molecule has 4 rings (SSSR count). The normalized spacial score (nSPS) is 10.8. The molecule has 0 aliphatic carbocycles. The molecular weight excluding hydrogens is 420 g/mol. The molecule has 4 aromatic rings. The van der Waals surface area contributed by atoms with E-state index >= 15 is 0 Å². The summed E-state index contributed by atoms with van der Waals surface area (Å²) in [6.45, 7) is 3.44. The van der Waals surface area contributed by atoms with E-state index < -0.39 is 5.97 Å². The SMILES string of the molecule is COc1ccccc1-c1nc(COC(=O)c2nnn(-c3ccc(Cl)cc3)c2C)c(C)o1. The highest BCUT2D eigenvalue weighted by atomic mass is 35.5. The minimum atomic E-state index is -0.598. The lowest BCUT2D eigenvalue weighted by Crippen LogP contribution is -2.09. The first-order valence-electron chi connectivity index (χ1n) is 9.43.